The van der Waals surface area contributed by atoms with Gasteiger partial charge in [0.2, 0.25) is 5.89 Å². The molecule has 4 rings (SSSR count). The summed E-state index contributed by atoms with van der Waals surface area (Å²) in [5.74, 6) is -0.0957. The Kier molecular flexibility index (Phi) is 5.22. The highest BCUT2D eigenvalue weighted by atomic mass is 79.9. The van der Waals surface area contributed by atoms with Gasteiger partial charge in [-0.05, 0) is 37.3 Å². The van der Waals surface area contributed by atoms with Gasteiger partial charge in [-0.2, -0.15) is 0 Å². The quantitative estimate of drug-likeness (QED) is 0.426. The second-order valence-corrected chi connectivity index (χ2v) is 7.29. The lowest BCUT2D eigenvalue weighted by Crippen LogP contribution is -2.25. The van der Waals surface area contributed by atoms with Crippen LogP contribution in [0.2, 0.25) is 0 Å². The molecule has 0 radical (unpaired) electrons. The molecule has 2 aromatic carbocycles. The summed E-state index contributed by atoms with van der Waals surface area (Å²) in [6.07, 6.45) is 1.32. The number of benzene rings is 2. The van der Waals surface area contributed by atoms with E-state index in [0.29, 0.717) is 16.8 Å². The van der Waals surface area contributed by atoms with Gasteiger partial charge < -0.3 is 9.15 Å². The molecule has 146 valence electrons. The van der Waals surface area contributed by atoms with Crippen molar-refractivity contribution in [3.8, 4) is 11.5 Å². The van der Waals surface area contributed by atoms with E-state index in [4.69, 9.17) is 9.15 Å². The van der Waals surface area contributed by atoms with E-state index >= 15 is 0 Å². The van der Waals surface area contributed by atoms with Crippen molar-refractivity contribution in [1.29, 1.82) is 0 Å². The highest BCUT2D eigenvalue weighted by Gasteiger charge is 2.13. The average Bonchev–Trinajstić information content (AvgIpc) is 3.18. The van der Waals surface area contributed by atoms with E-state index in [9.17, 15) is 9.59 Å². The van der Waals surface area contributed by atoms with Crippen LogP contribution in [0.5, 0.6) is 0 Å². The Morgan fingerprint density at radius 1 is 1.21 bits per heavy atom. The zero-order chi connectivity index (χ0) is 20.4. The maximum Gasteiger partial charge on any atom is 0.326 e. The van der Waals surface area contributed by atoms with Crippen molar-refractivity contribution in [3.05, 3.63) is 75.1 Å². The highest BCUT2D eigenvalue weighted by molar-refractivity contribution is 9.10. The summed E-state index contributed by atoms with van der Waals surface area (Å²) in [5.41, 5.74) is 2.08. The number of hydrogen-bond donors (Lipinski definition) is 0. The lowest BCUT2D eigenvalue weighted by Gasteiger charge is -2.06. The van der Waals surface area contributed by atoms with E-state index in [-0.39, 0.29) is 24.6 Å². The first-order valence-corrected chi connectivity index (χ1v) is 9.48. The average molecular weight is 455 g/mol. The van der Waals surface area contributed by atoms with Crippen LogP contribution < -0.4 is 5.56 Å². The third kappa shape index (κ3) is 4.24. The number of rotatable bonds is 5. The third-order valence-electron chi connectivity index (χ3n) is 4.17. The summed E-state index contributed by atoms with van der Waals surface area (Å²) >= 11 is 3.32. The Bertz CT molecular complexity index is 1260. The molecule has 0 aliphatic rings. The normalized spacial score (nSPS) is 11.0. The Hall–Kier alpha value is -3.33. The summed E-state index contributed by atoms with van der Waals surface area (Å²) in [6.45, 7) is 1.51. The van der Waals surface area contributed by atoms with Gasteiger partial charge in [0.05, 0.1) is 17.2 Å². The lowest BCUT2D eigenvalue weighted by atomic mass is 10.1. The molecular weight excluding hydrogens is 440 g/mol. The largest absolute Gasteiger partial charge is 0.454 e. The van der Waals surface area contributed by atoms with Crippen molar-refractivity contribution >= 4 is 32.8 Å². The summed E-state index contributed by atoms with van der Waals surface area (Å²) in [7, 11) is 0. The molecule has 8 nitrogen and oxygen atoms in total. The molecule has 29 heavy (non-hydrogen) atoms. The summed E-state index contributed by atoms with van der Waals surface area (Å²) in [5, 5.41) is 8.27. The molecule has 9 heteroatoms. The molecule has 0 aliphatic carbocycles. The van der Waals surface area contributed by atoms with Crippen molar-refractivity contribution in [1.82, 2.24) is 19.7 Å². The van der Waals surface area contributed by atoms with E-state index in [1.165, 1.54) is 10.9 Å². The van der Waals surface area contributed by atoms with E-state index in [0.717, 1.165) is 15.6 Å². The molecular formula is C20H15BrN4O4. The zero-order valence-corrected chi connectivity index (χ0v) is 16.9. The smallest absolute Gasteiger partial charge is 0.326 e. The van der Waals surface area contributed by atoms with E-state index in [2.05, 4.69) is 31.1 Å². The SMILES string of the molecule is Cc1cccc(-c2nnc(COC(=O)Cn3cnc4ccc(Br)cc4c3=O)o2)c1. The van der Waals surface area contributed by atoms with Crippen LogP contribution in [0, 0.1) is 6.92 Å². The number of carbonyl (C=O) groups excluding carboxylic acids is 1. The molecule has 0 fully saturated rings. The number of ether oxygens (including phenoxy) is 1. The fraction of sp³-hybridized carbons (Fsp3) is 0.150. The van der Waals surface area contributed by atoms with Crippen LogP contribution in [0.1, 0.15) is 11.5 Å². The first kappa shape index (κ1) is 19.0. The van der Waals surface area contributed by atoms with Gasteiger partial charge in [0.1, 0.15) is 6.54 Å². The number of aromatic nitrogens is 4. The molecule has 0 amide bonds. The van der Waals surface area contributed by atoms with Crippen molar-refractivity contribution in [2.45, 2.75) is 20.1 Å². The van der Waals surface area contributed by atoms with Gasteiger partial charge >= 0.3 is 5.97 Å². The molecule has 0 aliphatic heterocycles. The minimum absolute atomic E-state index is 0.169. The maximum absolute atomic E-state index is 12.5. The third-order valence-corrected chi connectivity index (χ3v) is 4.67. The Morgan fingerprint density at radius 2 is 2.07 bits per heavy atom. The molecule has 2 aromatic heterocycles. The Morgan fingerprint density at radius 3 is 2.90 bits per heavy atom. The molecule has 2 heterocycles. The lowest BCUT2D eigenvalue weighted by molar-refractivity contribution is -0.146. The van der Waals surface area contributed by atoms with Crippen LogP contribution in [0.3, 0.4) is 0 Å². The minimum Gasteiger partial charge on any atom is -0.454 e. The second-order valence-electron chi connectivity index (χ2n) is 6.37. The molecule has 0 saturated heterocycles. The molecule has 0 N–H and O–H groups in total. The Balaban J connectivity index is 1.43. The predicted molar refractivity (Wildman–Crippen MR) is 108 cm³/mol. The van der Waals surface area contributed by atoms with Crippen molar-refractivity contribution in [3.63, 3.8) is 0 Å². The van der Waals surface area contributed by atoms with Gasteiger partial charge in [-0.15, -0.1) is 10.2 Å². The molecule has 0 bridgehead atoms. The monoisotopic (exact) mass is 454 g/mol. The number of halogens is 1. The van der Waals surface area contributed by atoms with Crippen LogP contribution in [0.15, 0.2) is 62.5 Å². The molecule has 0 atom stereocenters. The minimum atomic E-state index is -0.612. The molecule has 0 saturated carbocycles. The van der Waals surface area contributed by atoms with E-state index in [1.54, 1.807) is 18.2 Å². The van der Waals surface area contributed by atoms with Gasteiger partial charge in [0.15, 0.2) is 6.61 Å². The van der Waals surface area contributed by atoms with E-state index in [1.807, 2.05) is 31.2 Å². The van der Waals surface area contributed by atoms with Crippen LogP contribution >= 0.6 is 15.9 Å². The standard InChI is InChI=1S/C20H15BrN4O4/c1-12-3-2-4-13(7-12)19-24-23-17(29-19)10-28-18(26)9-25-11-22-16-6-5-14(21)8-15(16)20(25)27/h2-8,11H,9-10H2,1H3. The van der Waals surface area contributed by atoms with Crippen molar-refractivity contribution in [2.24, 2.45) is 0 Å². The van der Waals surface area contributed by atoms with Crippen LogP contribution in [0.4, 0.5) is 0 Å². The number of hydrogen-bond acceptors (Lipinski definition) is 7. The van der Waals surface area contributed by atoms with Gasteiger partial charge in [-0.3, -0.25) is 14.2 Å². The summed E-state index contributed by atoms with van der Waals surface area (Å²) < 4.78 is 12.7. The first-order chi connectivity index (χ1) is 14.0. The zero-order valence-electron chi connectivity index (χ0n) is 15.3. The van der Waals surface area contributed by atoms with Crippen LogP contribution in [-0.2, 0) is 22.7 Å². The molecule has 4 aromatic rings. The van der Waals surface area contributed by atoms with Gasteiger partial charge in [0, 0.05) is 10.0 Å². The highest BCUT2D eigenvalue weighted by Crippen LogP contribution is 2.19. The van der Waals surface area contributed by atoms with Crippen LogP contribution in [0.25, 0.3) is 22.4 Å². The molecule has 0 spiro atoms. The first-order valence-electron chi connectivity index (χ1n) is 8.69. The fourth-order valence-electron chi connectivity index (χ4n) is 2.78. The molecule has 0 unspecified atom stereocenters. The Labute approximate surface area is 173 Å². The number of carbonyl (C=O) groups is 1. The number of nitrogens with zero attached hydrogens (tertiary/aromatic N) is 4. The predicted octanol–water partition coefficient (Wildman–Crippen LogP) is 3.26. The summed E-state index contributed by atoms with van der Waals surface area (Å²) in [4.78, 5) is 28.9. The van der Waals surface area contributed by atoms with Crippen molar-refractivity contribution < 1.29 is 13.9 Å². The van der Waals surface area contributed by atoms with Gasteiger partial charge in [-0.1, -0.05) is 33.6 Å². The number of aryl methyl sites for hydroxylation is 1. The van der Waals surface area contributed by atoms with Gasteiger partial charge in [0.25, 0.3) is 11.4 Å². The van der Waals surface area contributed by atoms with E-state index < -0.39 is 5.97 Å². The number of fused-ring (bicyclic) bond motifs is 1. The van der Waals surface area contributed by atoms with Gasteiger partial charge in [-0.25, -0.2) is 4.98 Å². The fourth-order valence-corrected chi connectivity index (χ4v) is 3.14. The summed E-state index contributed by atoms with van der Waals surface area (Å²) in [6, 6.07) is 12.8. The van der Waals surface area contributed by atoms with Crippen molar-refractivity contribution in [2.75, 3.05) is 0 Å². The second kappa shape index (κ2) is 7.96. The number of esters is 1. The topological polar surface area (TPSA) is 100 Å². The maximum atomic E-state index is 12.5. The van der Waals surface area contributed by atoms with Crippen LogP contribution in [-0.4, -0.2) is 25.7 Å².